The number of aromatic hydroxyl groups is 1. The van der Waals surface area contributed by atoms with E-state index in [1.807, 2.05) is 32.6 Å². The Morgan fingerprint density at radius 1 is 1.14 bits per heavy atom. The number of rotatable bonds is 5. The molecular formula is C32H33FN6O4. The summed E-state index contributed by atoms with van der Waals surface area (Å²) >= 11 is 0. The van der Waals surface area contributed by atoms with Crippen LogP contribution in [0.4, 0.5) is 10.2 Å². The molecule has 0 aliphatic carbocycles. The molecule has 0 spiro atoms. The van der Waals surface area contributed by atoms with Crippen molar-refractivity contribution in [3.63, 3.8) is 0 Å². The maximum absolute atomic E-state index is 15.2. The highest BCUT2D eigenvalue weighted by molar-refractivity contribution is 6.00. The number of nitrogens with zero attached hydrogens (tertiary/aromatic N) is 6. The van der Waals surface area contributed by atoms with Gasteiger partial charge in [-0.25, -0.2) is 19.2 Å². The van der Waals surface area contributed by atoms with Gasteiger partial charge in [0.25, 0.3) is 0 Å². The minimum Gasteiger partial charge on any atom is -0.507 e. The van der Waals surface area contributed by atoms with E-state index in [1.165, 1.54) is 35.2 Å². The molecule has 2 aliphatic heterocycles. The third-order valence-corrected chi connectivity index (χ3v) is 8.09. The molecule has 222 valence electrons. The number of hydrogen-bond donors (Lipinski definition) is 1. The van der Waals surface area contributed by atoms with Gasteiger partial charge in [0.15, 0.2) is 0 Å². The van der Waals surface area contributed by atoms with E-state index in [1.54, 1.807) is 17.0 Å². The number of ether oxygens (including phenoxy) is 1. The molecular weight excluding hydrogens is 551 g/mol. The van der Waals surface area contributed by atoms with E-state index in [0.717, 1.165) is 0 Å². The van der Waals surface area contributed by atoms with Crippen LogP contribution in [-0.4, -0.2) is 67.7 Å². The molecule has 0 bridgehead atoms. The quantitative estimate of drug-likeness (QED) is 0.341. The van der Waals surface area contributed by atoms with Crippen LogP contribution in [0, 0.1) is 5.82 Å². The first-order valence-corrected chi connectivity index (χ1v) is 14.3. The molecule has 1 N–H and O–H groups in total. The summed E-state index contributed by atoms with van der Waals surface area (Å²) in [5.74, 6) is -0.335. The molecule has 6 rings (SSSR count). The highest BCUT2D eigenvalue weighted by Crippen LogP contribution is 2.43. The average Bonchev–Trinajstić information content (AvgIpc) is 3.13. The van der Waals surface area contributed by atoms with Crippen molar-refractivity contribution in [2.75, 3.05) is 31.1 Å². The number of halogens is 1. The van der Waals surface area contributed by atoms with Crippen molar-refractivity contribution in [1.82, 2.24) is 24.4 Å². The Balaban J connectivity index is 1.70. The van der Waals surface area contributed by atoms with Gasteiger partial charge in [-0.1, -0.05) is 40.3 Å². The zero-order valence-electron chi connectivity index (χ0n) is 24.5. The van der Waals surface area contributed by atoms with Gasteiger partial charge in [-0.2, -0.15) is 4.98 Å². The largest absolute Gasteiger partial charge is 0.507 e. The number of phenolic OH excluding ortho intramolecular Hbond substituents is 1. The summed E-state index contributed by atoms with van der Waals surface area (Å²) in [4.78, 5) is 44.1. The monoisotopic (exact) mass is 584 g/mol. The molecule has 2 aromatic carbocycles. The summed E-state index contributed by atoms with van der Waals surface area (Å²) in [6, 6.07) is 7.17. The van der Waals surface area contributed by atoms with Gasteiger partial charge < -0.3 is 19.6 Å². The van der Waals surface area contributed by atoms with Crippen LogP contribution >= 0.6 is 0 Å². The number of carbonyl (C=O) groups excluding carboxylic acids is 1. The van der Waals surface area contributed by atoms with Crippen LogP contribution in [0.1, 0.15) is 50.9 Å². The van der Waals surface area contributed by atoms with E-state index in [2.05, 4.69) is 21.5 Å². The van der Waals surface area contributed by atoms with Crippen LogP contribution in [-0.2, 0) is 4.79 Å². The predicted molar refractivity (Wildman–Crippen MR) is 162 cm³/mol. The van der Waals surface area contributed by atoms with Crippen molar-refractivity contribution in [1.29, 1.82) is 0 Å². The Bertz CT molecular complexity index is 1790. The molecule has 2 aromatic heterocycles. The highest BCUT2D eigenvalue weighted by Gasteiger charge is 2.36. The number of fused-ring (bicyclic) bond motifs is 2. The predicted octanol–water partition coefficient (Wildman–Crippen LogP) is 4.53. The van der Waals surface area contributed by atoms with Gasteiger partial charge in [-0.15, -0.1) is 0 Å². The summed E-state index contributed by atoms with van der Waals surface area (Å²) < 4.78 is 23.1. The molecule has 2 aliphatic rings. The number of hydrogen-bond acceptors (Lipinski definition) is 8. The minimum atomic E-state index is -0.617. The van der Waals surface area contributed by atoms with E-state index in [0.29, 0.717) is 64.7 Å². The van der Waals surface area contributed by atoms with Crippen molar-refractivity contribution in [3.05, 3.63) is 77.0 Å². The van der Waals surface area contributed by atoms with Gasteiger partial charge in [0.2, 0.25) is 5.91 Å². The smallest absolute Gasteiger partial charge is 0.354 e. The second-order valence-electron chi connectivity index (χ2n) is 11.5. The Hall–Kier alpha value is -4.80. The zero-order valence-corrected chi connectivity index (χ0v) is 24.5. The van der Waals surface area contributed by atoms with Crippen LogP contribution in [0.3, 0.4) is 0 Å². The second-order valence-corrected chi connectivity index (χ2v) is 11.5. The number of anilines is 1. The molecule has 4 heterocycles. The fourth-order valence-corrected chi connectivity index (χ4v) is 6.05. The topological polar surface area (TPSA) is 114 Å². The summed E-state index contributed by atoms with van der Waals surface area (Å²) in [7, 11) is 0. The average molecular weight is 585 g/mol. The summed E-state index contributed by atoms with van der Waals surface area (Å²) in [6.45, 7) is 13.0. The molecule has 1 atom stereocenters. The normalized spacial score (nSPS) is 16.3. The van der Waals surface area contributed by atoms with Crippen LogP contribution in [0.25, 0.3) is 27.7 Å². The van der Waals surface area contributed by atoms with E-state index < -0.39 is 11.5 Å². The second kappa shape index (κ2) is 10.8. The van der Waals surface area contributed by atoms with Gasteiger partial charge >= 0.3 is 5.69 Å². The van der Waals surface area contributed by atoms with Crippen molar-refractivity contribution >= 4 is 22.6 Å². The van der Waals surface area contributed by atoms with Crippen molar-refractivity contribution in [2.45, 2.75) is 45.6 Å². The number of benzene rings is 2. The Kier molecular flexibility index (Phi) is 7.11. The number of amides is 1. The first-order chi connectivity index (χ1) is 20.6. The van der Waals surface area contributed by atoms with Gasteiger partial charge in [0.05, 0.1) is 39.6 Å². The van der Waals surface area contributed by atoms with E-state index in [9.17, 15) is 14.7 Å². The SMILES string of the molecule is C=CC(=O)N1CCN2c3nc(=O)n(-c4c(C(C)C)ncnc4C(C)C)c4cc(-c5c(O)cccc5F)cc(c34)OC[C@@H]2C1. The molecule has 4 aromatic rings. The van der Waals surface area contributed by atoms with Crippen LogP contribution in [0.15, 0.2) is 54.1 Å². The molecule has 1 saturated heterocycles. The van der Waals surface area contributed by atoms with E-state index in [-0.39, 0.29) is 41.7 Å². The molecule has 0 unspecified atom stereocenters. The van der Waals surface area contributed by atoms with E-state index in [4.69, 9.17) is 4.74 Å². The first-order valence-electron chi connectivity index (χ1n) is 14.3. The standard InChI is InChI=1S/C32H33FN6O4/c1-6-25(41)37-10-11-38-20(14-37)15-43-24-13-19(26-21(33)8-7-9-23(26)40)12-22-27(24)31(38)36-32(42)39(22)30-28(17(2)3)34-16-35-29(30)18(4)5/h6-9,12-13,16-18,20,40H,1,10-11,14-15H2,2-5H3/t20-/m0/s1. The minimum absolute atomic E-state index is 0.0104. The Labute approximate surface area is 248 Å². The lowest BCUT2D eigenvalue weighted by Gasteiger charge is -2.40. The van der Waals surface area contributed by atoms with Crippen LogP contribution < -0.4 is 15.3 Å². The summed E-state index contributed by atoms with van der Waals surface area (Å²) in [5, 5.41) is 11.3. The van der Waals surface area contributed by atoms with E-state index >= 15 is 4.39 Å². The van der Waals surface area contributed by atoms with Crippen molar-refractivity contribution < 1.29 is 19.0 Å². The fourth-order valence-electron chi connectivity index (χ4n) is 6.05. The highest BCUT2D eigenvalue weighted by atomic mass is 19.1. The summed E-state index contributed by atoms with van der Waals surface area (Å²) in [5.41, 5.74) is 2.07. The lowest BCUT2D eigenvalue weighted by Crippen LogP contribution is -2.56. The maximum Gasteiger partial charge on any atom is 0.354 e. The molecule has 10 nitrogen and oxygen atoms in total. The molecule has 0 saturated carbocycles. The van der Waals surface area contributed by atoms with Gasteiger partial charge in [-0.3, -0.25) is 9.36 Å². The maximum atomic E-state index is 15.2. The molecule has 0 radical (unpaired) electrons. The van der Waals surface area contributed by atoms with Gasteiger partial charge in [-0.05, 0) is 47.7 Å². The van der Waals surface area contributed by atoms with Crippen LogP contribution in [0.5, 0.6) is 11.5 Å². The molecule has 1 fully saturated rings. The molecule has 1 amide bonds. The lowest BCUT2D eigenvalue weighted by atomic mass is 9.99. The van der Waals surface area contributed by atoms with Gasteiger partial charge in [0, 0.05) is 19.6 Å². The van der Waals surface area contributed by atoms with Crippen LogP contribution in [0.2, 0.25) is 0 Å². The zero-order chi connectivity index (χ0) is 30.6. The molecule has 43 heavy (non-hydrogen) atoms. The van der Waals surface area contributed by atoms with Gasteiger partial charge in [0.1, 0.15) is 36.1 Å². The third kappa shape index (κ3) is 4.68. The number of carbonyl (C=O) groups is 1. The number of phenols is 1. The van der Waals surface area contributed by atoms with Crippen molar-refractivity contribution in [3.8, 4) is 28.3 Å². The fraction of sp³-hybridized carbons (Fsp3) is 0.344. The molecule has 11 heteroatoms. The lowest BCUT2D eigenvalue weighted by molar-refractivity contribution is -0.126. The number of piperazine rings is 1. The Morgan fingerprint density at radius 2 is 1.86 bits per heavy atom. The summed E-state index contributed by atoms with van der Waals surface area (Å²) in [6.07, 6.45) is 2.79. The van der Waals surface area contributed by atoms with Crippen molar-refractivity contribution in [2.24, 2.45) is 0 Å². The third-order valence-electron chi connectivity index (χ3n) is 8.09. The Morgan fingerprint density at radius 3 is 2.51 bits per heavy atom. The first kappa shape index (κ1) is 28.3. The number of aromatic nitrogens is 4.